The first-order valence-corrected chi connectivity index (χ1v) is 6.50. The largest absolute Gasteiger partial charge is 0.389 e. The molecule has 1 N–H and O–H groups in total. The minimum atomic E-state index is -0.618. The number of aliphatic hydroxyl groups is 1. The Hall–Kier alpha value is -0.600. The van der Waals surface area contributed by atoms with E-state index in [1.54, 1.807) is 0 Å². The van der Waals surface area contributed by atoms with E-state index < -0.39 is 11.7 Å². The summed E-state index contributed by atoms with van der Waals surface area (Å²) in [5.74, 6) is 2.55. The van der Waals surface area contributed by atoms with Crippen molar-refractivity contribution >= 4 is 0 Å². The molecule has 104 valence electrons. The van der Waals surface area contributed by atoms with Crippen molar-refractivity contribution in [3.63, 3.8) is 0 Å². The van der Waals surface area contributed by atoms with Gasteiger partial charge in [0, 0.05) is 19.6 Å². The van der Waals surface area contributed by atoms with E-state index >= 15 is 0 Å². The summed E-state index contributed by atoms with van der Waals surface area (Å²) >= 11 is 0. The van der Waals surface area contributed by atoms with Crippen LogP contribution in [0.4, 0.5) is 0 Å². The van der Waals surface area contributed by atoms with Crippen molar-refractivity contribution in [2.45, 2.75) is 51.6 Å². The lowest BCUT2D eigenvalue weighted by atomic mass is 10.1. The van der Waals surface area contributed by atoms with Gasteiger partial charge in [0.1, 0.15) is 5.60 Å². The molecule has 1 saturated heterocycles. The van der Waals surface area contributed by atoms with Gasteiger partial charge < -0.3 is 14.6 Å². The summed E-state index contributed by atoms with van der Waals surface area (Å²) in [5.41, 5.74) is -0.618. The van der Waals surface area contributed by atoms with Gasteiger partial charge in [0.2, 0.25) is 0 Å². The summed E-state index contributed by atoms with van der Waals surface area (Å²) < 4.78 is 11.1. The Balaban J connectivity index is 2.32. The molecular weight excluding hydrogens is 230 g/mol. The van der Waals surface area contributed by atoms with Crippen LogP contribution in [-0.2, 0) is 9.47 Å². The van der Waals surface area contributed by atoms with Gasteiger partial charge in [-0.2, -0.15) is 0 Å². The molecule has 4 nitrogen and oxygen atoms in total. The van der Waals surface area contributed by atoms with E-state index in [1.165, 1.54) is 0 Å². The fourth-order valence-electron chi connectivity index (χ4n) is 2.13. The zero-order chi connectivity index (χ0) is 13.8. The highest BCUT2D eigenvalue weighted by molar-refractivity contribution is 5.02. The summed E-state index contributed by atoms with van der Waals surface area (Å²) in [5, 5.41) is 9.96. The Morgan fingerprint density at radius 1 is 1.44 bits per heavy atom. The van der Waals surface area contributed by atoms with Crippen LogP contribution in [0.1, 0.15) is 27.7 Å². The molecule has 0 unspecified atom stereocenters. The molecule has 0 aliphatic carbocycles. The normalized spacial score (nSPS) is 27.8. The van der Waals surface area contributed by atoms with Gasteiger partial charge in [0.25, 0.3) is 0 Å². The average molecular weight is 255 g/mol. The van der Waals surface area contributed by atoms with Crippen LogP contribution in [0.15, 0.2) is 0 Å². The van der Waals surface area contributed by atoms with Crippen LogP contribution in [0.2, 0.25) is 0 Å². The Morgan fingerprint density at radius 2 is 2.00 bits per heavy atom. The molecule has 0 saturated carbocycles. The Morgan fingerprint density at radius 3 is 2.50 bits per heavy atom. The van der Waals surface area contributed by atoms with Crippen LogP contribution in [-0.4, -0.2) is 60.2 Å². The number of ether oxygens (including phenoxy) is 2. The standard InChI is InChI=1S/C14H25NO3/c1-6-14(4,5)17-10-13(16)9-15-7-11(2)18-12(3)8-15/h1,11-13,16H,7-10H2,2-5H3/t11-,12-,13+/m0/s1. The molecule has 1 aliphatic heterocycles. The maximum atomic E-state index is 9.96. The van der Waals surface area contributed by atoms with Gasteiger partial charge >= 0.3 is 0 Å². The van der Waals surface area contributed by atoms with Crippen LogP contribution in [0.25, 0.3) is 0 Å². The van der Waals surface area contributed by atoms with Crippen molar-refractivity contribution in [2.75, 3.05) is 26.2 Å². The number of hydrogen-bond acceptors (Lipinski definition) is 4. The average Bonchev–Trinajstić information content (AvgIpc) is 2.25. The summed E-state index contributed by atoms with van der Waals surface area (Å²) in [7, 11) is 0. The zero-order valence-electron chi connectivity index (χ0n) is 11.8. The number of nitrogens with zero attached hydrogens (tertiary/aromatic N) is 1. The van der Waals surface area contributed by atoms with Crippen molar-refractivity contribution in [3.8, 4) is 12.3 Å². The molecule has 0 aromatic heterocycles. The number of morpholine rings is 1. The predicted molar refractivity (Wildman–Crippen MR) is 71.3 cm³/mol. The SMILES string of the molecule is C#CC(C)(C)OC[C@H](O)CN1C[C@H](C)O[C@@H](C)C1. The Bertz CT molecular complexity index is 288. The van der Waals surface area contributed by atoms with Gasteiger partial charge in [0.05, 0.1) is 24.9 Å². The van der Waals surface area contributed by atoms with Gasteiger partial charge in [-0.3, -0.25) is 4.90 Å². The fraction of sp³-hybridized carbons (Fsp3) is 0.857. The van der Waals surface area contributed by atoms with Crippen LogP contribution < -0.4 is 0 Å². The van der Waals surface area contributed by atoms with Crippen LogP contribution in [0.5, 0.6) is 0 Å². The second-order valence-electron chi connectivity index (χ2n) is 5.60. The third-order valence-corrected chi connectivity index (χ3v) is 2.95. The maximum absolute atomic E-state index is 9.96. The molecule has 3 atom stereocenters. The summed E-state index contributed by atoms with van der Waals surface area (Å²) in [6, 6.07) is 0. The van der Waals surface area contributed by atoms with Crippen molar-refractivity contribution in [1.29, 1.82) is 0 Å². The lowest BCUT2D eigenvalue weighted by Crippen LogP contribution is -2.48. The first-order chi connectivity index (χ1) is 8.32. The fourth-order valence-corrected chi connectivity index (χ4v) is 2.13. The van der Waals surface area contributed by atoms with Gasteiger partial charge in [-0.25, -0.2) is 0 Å². The summed E-state index contributed by atoms with van der Waals surface area (Å²) in [6.07, 6.45) is 5.24. The molecule has 0 aromatic rings. The predicted octanol–water partition coefficient (Wildman–Crippen LogP) is 0.885. The molecule has 1 rings (SSSR count). The number of terminal acetylenes is 1. The van der Waals surface area contributed by atoms with Crippen LogP contribution >= 0.6 is 0 Å². The van der Waals surface area contributed by atoms with Gasteiger partial charge in [-0.1, -0.05) is 5.92 Å². The molecule has 0 bridgehead atoms. The Labute approximate surface area is 110 Å². The van der Waals surface area contributed by atoms with E-state index in [4.69, 9.17) is 15.9 Å². The molecule has 1 heterocycles. The second kappa shape index (κ2) is 6.53. The van der Waals surface area contributed by atoms with E-state index in [0.29, 0.717) is 6.54 Å². The van der Waals surface area contributed by atoms with E-state index in [-0.39, 0.29) is 18.8 Å². The molecule has 0 amide bonds. The lowest BCUT2D eigenvalue weighted by molar-refractivity contribution is -0.0885. The number of hydrogen-bond donors (Lipinski definition) is 1. The number of rotatable bonds is 5. The van der Waals surface area contributed by atoms with Gasteiger partial charge in [0.15, 0.2) is 0 Å². The van der Waals surface area contributed by atoms with Crippen molar-refractivity contribution in [3.05, 3.63) is 0 Å². The molecule has 0 spiro atoms. The van der Waals surface area contributed by atoms with Crippen molar-refractivity contribution < 1.29 is 14.6 Å². The highest BCUT2D eigenvalue weighted by atomic mass is 16.5. The molecule has 0 aromatic carbocycles. The van der Waals surface area contributed by atoms with Crippen LogP contribution in [0, 0.1) is 12.3 Å². The topological polar surface area (TPSA) is 41.9 Å². The molecular formula is C14H25NO3. The quantitative estimate of drug-likeness (QED) is 0.741. The van der Waals surface area contributed by atoms with E-state index in [9.17, 15) is 5.11 Å². The van der Waals surface area contributed by atoms with Crippen LogP contribution in [0.3, 0.4) is 0 Å². The number of aliphatic hydroxyl groups excluding tert-OH is 1. The minimum Gasteiger partial charge on any atom is -0.389 e. The number of β-amino-alcohol motifs (C(OH)–C–C–N with tert-alkyl or cyclic N) is 1. The molecule has 1 aliphatic rings. The highest BCUT2D eigenvalue weighted by Gasteiger charge is 2.24. The molecule has 1 fully saturated rings. The van der Waals surface area contributed by atoms with Crippen molar-refractivity contribution in [2.24, 2.45) is 0 Å². The third kappa shape index (κ3) is 5.36. The van der Waals surface area contributed by atoms with Crippen molar-refractivity contribution in [1.82, 2.24) is 4.90 Å². The van der Waals surface area contributed by atoms with E-state index in [1.807, 2.05) is 27.7 Å². The molecule has 4 heteroatoms. The maximum Gasteiger partial charge on any atom is 0.122 e. The monoisotopic (exact) mass is 255 g/mol. The minimum absolute atomic E-state index is 0.212. The first kappa shape index (κ1) is 15.5. The first-order valence-electron chi connectivity index (χ1n) is 6.50. The van der Waals surface area contributed by atoms with Gasteiger partial charge in [-0.15, -0.1) is 6.42 Å². The summed E-state index contributed by atoms with van der Waals surface area (Å²) in [4.78, 5) is 2.20. The van der Waals surface area contributed by atoms with Gasteiger partial charge in [-0.05, 0) is 27.7 Å². The zero-order valence-corrected chi connectivity index (χ0v) is 11.8. The smallest absolute Gasteiger partial charge is 0.122 e. The summed E-state index contributed by atoms with van der Waals surface area (Å²) in [6.45, 7) is 10.3. The second-order valence-corrected chi connectivity index (χ2v) is 5.60. The molecule has 18 heavy (non-hydrogen) atoms. The lowest BCUT2D eigenvalue weighted by Gasteiger charge is -2.36. The molecule has 0 radical (unpaired) electrons. The highest BCUT2D eigenvalue weighted by Crippen LogP contribution is 2.12. The van der Waals surface area contributed by atoms with E-state index in [2.05, 4.69) is 10.8 Å². The third-order valence-electron chi connectivity index (χ3n) is 2.95. The van der Waals surface area contributed by atoms with E-state index in [0.717, 1.165) is 13.1 Å². The Kier molecular flexibility index (Phi) is 5.61.